The van der Waals surface area contributed by atoms with Gasteiger partial charge in [-0.1, -0.05) is 27.2 Å². The Balaban J connectivity index is 0.00000288. The zero-order valence-electron chi connectivity index (χ0n) is 15.1. The average molecular weight is 450 g/mol. The highest BCUT2D eigenvalue weighted by Crippen LogP contribution is 2.24. The summed E-state index contributed by atoms with van der Waals surface area (Å²) in [4.78, 5) is 8.82. The first kappa shape index (κ1) is 21.2. The Bertz CT molecular complexity index is 525. The summed E-state index contributed by atoms with van der Waals surface area (Å²) in [5.41, 5.74) is -0.0453. The number of nitrogens with one attached hydrogen (secondary N) is 2. The number of hydrogen-bond donors (Lipinski definition) is 3. The van der Waals surface area contributed by atoms with Crippen LogP contribution in [0.4, 0.5) is 0 Å². The van der Waals surface area contributed by atoms with Gasteiger partial charge in [0.25, 0.3) is 0 Å². The minimum Gasteiger partial charge on any atom is -0.443 e. The van der Waals surface area contributed by atoms with Gasteiger partial charge in [0.1, 0.15) is 12.3 Å². The zero-order chi connectivity index (χ0) is 16.9. The number of aliphatic hydroxyl groups is 1. The molecular weight excluding hydrogens is 419 g/mol. The highest BCUT2D eigenvalue weighted by atomic mass is 127. The molecule has 0 amide bonds. The highest BCUT2D eigenvalue weighted by Gasteiger charge is 2.25. The van der Waals surface area contributed by atoms with Gasteiger partial charge in [0.2, 0.25) is 5.89 Å². The van der Waals surface area contributed by atoms with Crippen molar-refractivity contribution >= 4 is 29.9 Å². The summed E-state index contributed by atoms with van der Waals surface area (Å²) in [6.45, 7) is 10.3. The van der Waals surface area contributed by atoms with Gasteiger partial charge in [0, 0.05) is 24.4 Å². The van der Waals surface area contributed by atoms with Gasteiger partial charge in [-0.2, -0.15) is 0 Å². The molecule has 1 aliphatic rings. The average Bonchev–Trinajstić information content (AvgIpc) is 3.10. The predicted octanol–water partition coefficient (Wildman–Crippen LogP) is 2.81. The fourth-order valence-corrected chi connectivity index (χ4v) is 2.70. The van der Waals surface area contributed by atoms with E-state index in [2.05, 4.69) is 41.4 Å². The molecule has 1 fully saturated rings. The molecule has 0 radical (unpaired) electrons. The van der Waals surface area contributed by atoms with E-state index in [9.17, 15) is 5.11 Å². The molecule has 2 atom stereocenters. The van der Waals surface area contributed by atoms with Crippen LogP contribution in [0.15, 0.2) is 15.6 Å². The van der Waals surface area contributed by atoms with Crippen molar-refractivity contribution in [2.24, 2.45) is 10.9 Å². The third-order valence-electron chi connectivity index (χ3n) is 4.16. The SMILES string of the molecule is CCNC(=NCc1ncc(C(C)(C)C)o1)NCC1CCCC1O.I. The van der Waals surface area contributed by atoms with Gasteiger partial charge < -0.3 is 20.2 Å². The highest BCUT2D eigenvalue weighted by molar-refractivity contribution is 14.0. The fourth-order valence-electron chi connectivity index (χ4n) is 2.70. The smallest absolute Gasteiger partial charge is 0.216 e. The summed E-state index contributed by atoms with van der Waals surface area (Å²) < 4.78 is 5.76. The predicted molar refractivity (Wildman–Crippen MR) is 107 cm³/mol. The molecule has 7 heteroatoms. The molecule has 3 N–H and O–H groups in total. The van der Waals surface area contributed by atoms with Crippen molar-refractivity contribution in [2.75, 3.05) is 13.1 Å². The zero-order valence-corrected chi connectivity index (χ0v) is 17.5. The molecule has 0 aliphatic heterocycles. The van der Waals surface area contributed by atoms with Crippen LogP contribution in [0.3, 0.4) is 0 Å². The Kier molecular flexibility index (Phi) is 8.49. The van der Waals surface area contributed by atoms with Gasteiger partial charge in [-0.15, -0.1) is 24.0 Å². The molecule has 1 aromatic rings. The number of oxazole rings is 1. The summed E-state index contributed by atoms with van der Waals surface area (Å²) in [5, 5.41) is 16.4. The largest absolute Gasteiger partial charge is 0.443 e. The van der Waals surface area contributed by atoms with Gasteiger partial charge in [0.05, 0.1) is 12.3 Å². The number of rotatable bonds is 5. The lowest BCUT2D eigenvalue weighted by Gasteiger charge is -2.17. The Morgan fingerprint density at radius 3 is 2.67 bits per heavy atom. The normalized spacial score (nSPS) is 21.5. The van der Waals surface area contributed by atoms with E-state index < -0.39 is 0 Å². The molecule has 0 saturated heterocycles. The van der Waals surface area contributed by atoms with E-state index in [0.29, 0.717) is 18.4 Å². The van der Waals surface area contributed by atoms with Crippen molar-refractivity contribution in [3.8, 4) is 0 Å². The molecule has 0 spiro atoms. The first-order valence-corrected chi connectivity index (χ1v) is 8.55. The van der Waals surface area contributed by atoms with Crippen LogP contribution in [-0.2, 0) is 12.0 Å². The monoisotopic (exact) mass is 450 g/mol. The summed E-state index contributed by atoms with van der Waals surface area (Å²) in [6, 6.07) is 0. The second-order valence-electron chi connectivity index (χ2n) is 7.20. The van der Waals surface area contributed by atoms with E-state index in [-0.39, 0.29) is 35.5 Å². The molecule has 0 aromatic carbocycles. The molecule has 0 bridgehead atoms. The molecule has 1 heterocycles. The lowest BCUT2D eigenvalue weighted by molar-refractivity contribution is 0.134. The van der Waals surface area contributed by atoms with Gasteiger partial charge in [-0.25, -0.2) is 9.98 Å². The first-order valence-electron chi connectivity index (χ1n) is 8.55. The van der Waals surface area contributed by atoms with Crippen LogP contribution in [0.1, 0.15) is 58.6 Å². The second-order valence-corrected chi connectivity index (χ2v) is 7.20. The summed E-state index contributed by atoms with van der Waals surface area (Å²) in [5.74, 6) is 2.54. The Hall–Kier alpha value is -0.830. The van der Waals surface area contributed by atoms with Crippen molar-refractivity contribution in [1.82, 2.24) is 15.6 Å². The maximum Gasteiger partial charge on any atom is 0.216 e. The van der Waals surface area contributed by atoms with Crippen molar-refractivity contribution in [2.45, 2.75) is 65.0 Å². The second kappa shape index (κ2) is 9.60. The summed E-state index contributed by atoms with van der Waals surface area (Å²) >= 11 is 0. The minimum atomic E-state index is -0.188. The maximum absolute atomic E-state index is 9.89. The van der Waals surface area contributed by atoms with E-state index >= 15 is 0 Å². The van der Waals surface area contributed by atoms with Crippen LogP contribution >= 0.6 is 24.0 Å². The van der Waals surface area contributed by atoms with Crippen molar-refractivity contribution in [3.05, 3.63) is 17.8 Å². The van der Waals surface area contributed by atoms with E-state index in [4.69, 9.17) is 4.42 Å². The quantitative estimate of drug-likeness (QED) is 0.365. The lowest BCUT2D eigenvalue weighted by Crippen LogP contribution is -2.41. The first-order chi connectivity index (χ1) is 10.9. The van der Waals surface area contributed by atoms with E-state index in [1.54, 1.807) is 6.20 Å². The van der Waals surface area contributed by atoms with Crippen LogP contribution in [0.5, 0.6) is 0 Å². The molecular formula is C17H31IN4O2. The molecule has 138 valence electrons. The standard InChI is InChI=1S/C17H30N4O2.HI/c1-5-18-16(20-9-12-7-6-8-13(12)22)21-11-15-19-10-14(23-15)17(2,3)4;/h10,12-13,22H,5-9,11H2,1-4H3,(H2,18,20,21);1H. The number of aliphatic imine (C=N–C) groups is 1. The van der Waals surface area contributed by atoms with Crippen molar-refractivity contribution < 1.29 is 9.52 Å². The fraction of sp³-hybridized carbons (Fsp3) is 0.765. The van der Waals surface area contributed by atoms with E-state index in [1.165, 1.54) is 0 Å². The van der Waals surface area contributed by atoms with Gasteiger partial charge >= 0.3 is 0 Å². The molecule has 24 heavy (non-hydrogen) atoms. The van der Waals surface area contributed by atoms with Crippen LogP contribution in [-0.4, -0.2) is 35.2 Å². The number of guanidine groups is 1. The summed E-state index contributed by atoms with van der Waals surface area (Å²) in [6.07, 6.45) is 4.67. The molecule has 1 aromatic heterocycles. The third kappa shape index (κ3) is 6.23. The Morgan fingerprint density at radius 1 is 1.38 bits per heavy atom. The minimum absolute atomic E-state index is 0. The van der Waals surface area contributed by atoms with Crippen LogP contribution < -0.4 is 10.6 Å². The molecule has 2 unspecified atom stereocenters. The topological polar surface area (TPSA) is 82.7 Å². The number of aliphatic hydroxyl groups excluding tert-OH is 1. The molecule has 2 rings (SSSR count). The summed E-state index contributed by atoms with van der Waals surface area (Å²) in [7, 11) is 0. The number of hydrogen-bond acceptors (Lipinski definition) is 4. The lowest BCUT2D eigenvalue weighted by atomic mass is 9.94. The number of halogens is 1. The van der Waals surface area contributed by atoms with Gasteiger partial charge in [-0.3, -0.25) is 0 Å². The van der Waals surface area contributed by atoms with Crippen molar-refractivity contribution in [1.29, 1.82) is 0 Å². The molecule has 1 saturated carbocycles. The van der Waals surface area contributed by atoms with Crippen molar-refractivity contribution in [3.63, 3.8) is 0 Å². The Labute approximate surface area is 161 Å². The van der Waals surface area contributed by atoms with E-state index in [0.717, 1.165) is 44.1 Å². The van der Waals surface area contributed by atoms with Gasteiger partial charge in [-0.05, 0) is 19.8 Å². The van der Waals surface area contributed by atoms with Gasteiger partial charge in [0.15, 0.2) is 5.96 Å². The number of nitrogens with zero attached hydrogens (tertiary/aromatic N) is 2. The maximum atomic E-state index is 9.89. The van der Waals surface area contributed by atoms with Crippen LogP contribution in [0.25, 0.3) is 0 Å². The molecule has 6 nitrogen and oxygen atoms in total. The Morgan fingerprint density at radius 2 is 2.12 bits per heavy atom. The van der Waals surface area contributed by atoms with Crippen LogP contribution in [0.2, 0.25) is 0 Å². The third-order valence-corrected chi connectivity index (χ3v) is 4.16. The van der Waals surface area contributed by atoms with E-state index in [1.807, 2.05) is 6.92 Å². The molecule has 1 aliphatic carbocycles. The van der Waals surface area contributed by atoms with Crippen LogP contribution in [0, 0.1) is 5.92 Å². The number of aromatic nitrogens is 1.